The SMILES string of the molecule is CCCCOC(=O)CCCCCNCc1c(CNc2ccc(C(=N)N)cc2)cnc(C)c1O. The van der Waals surface area contributed by atoms with Crippen molar-refractivity contribution in [3.63, 3.8) is 0 Å². The van der Waals surface area contributed by atoms with Crippen LogP contribution in [0.3, 0.4) is 0 Å². The van der Waals surface area contributed by atoms with Gasteiger partial charge < -0.3 is 26.2 Å². The molecule has 33 heavy (non-hydrogen) atoms. The van der Waals surface area contributed by atoms with Gasteiger partial charge in [-0.3, -0.25) is 15.2 Å². The molecule has 1 aromatic heterocycles. The number of hydrogen-bond acceptors (Lipinski definition) is 7. The lowest BCUT2D eigenvalue weighted by atomic mass is 10.1. The second-order valence-corrected chi connectivity index (χ2v) is 8.10. The molecule has 8 nitrogen and oxygen atoms in total. The van der Waals surface area contributed by atoms with Gasteiger partial charge in [-0.05, 0) is 62.6 Å². The Bertz CT molecular complexity index is 900. The molecule has 0 bridgehead atoms. The van der Waals surface area contributed by atoms with Crippen molar-refractivity contribution in [1.82, 2.24) is 10.3 Å². The van der Waals surface area contributed by atoms with Crippen molar-refractivity contribution in [3.05, 3.63) is 52.8 Å². The number of hydrogen-bond donors (Lipinski definition) is 5. The van der Waals surface area contributed by atoms with E-state index in [1.165, 1.54) is 0 Å². The summed E-state index contributed by atoms with van der Waals surface area (Å²) >= 11 is 0. The van der Waals surface area contributed by atoms with Gasteiger partial charge in [-0.25, -0.2) is 0 Å². The summed E-state index contributed by atoms with van der Waals surface area (Å²) in [7, 11) is 0. The minimum Gasteiger partial charge on any atom is -0.506 e. The van der Waals surface area contributed by atoms with Gasteiger partial charge in [0.15, 0.2) is 0 Å². The van der Waals surface area contributed by atoms with Crippen LogP contribution in [0.4, 0.5) is 5.69 Å². The molecule has 0 saturated heterocycles. The van der Waals surface area contributed by atoms with E-state index in [1.54, 1.807) is 25.3 Å². The van der Waals surface area contributed by atoms with Crippen LogP contribution in [0.15, 0.2) is 30.5 Å². The number of nitrogen functional groups attached to an aromatic ring is 1. The average Bonchev–Trinajstić information content (AvgIpc) is 2.80. The van der Waals surface area contributed by atoms with Gasteiger partial charge in [0, 0.05) is 42.5 Å². The standard InChI is InChI=1S/C25H37N5O3/c1-3-4-14-33-23(31)8-6-5-7-13-28-17-22-20(15-29-18(2)24(22)32)16-30-21-11-9-19(10-12-21)25(26)27/h9-12,15,28,30,32H,3-8,13-14,16-17H2,1-2H3,(H3,26,27). The molecule has 6 N–H and O–H groups in total. The molecule has 0 atom stereocenters. The summed E-state index contributed by atoms with van der Waals surface area (Å²) in [6, 6.07) is 7.33. The quantitative estimate of drug-likeness (QED) is 0.119. The number of anilines is 1. The van der Waals surface area contributed by atoms with Crippen molar-refractivity contribution in [3.8, 4) is 5.75 Å². The normalized spacial score (nSPS) is 10.7. The van der Waals surface area contributed by atoms with Gasteiger partial charge in [-0.2, -0.15) is 0 Å². The number of rotatable bonds is 15. The predicted molar refractivity (Wildman–Crippen MR) is 131 cm³/mol. The second kappa shape index (κ2) is 14.1. The van der Waals surface area contributed by atoms with Crippen LogP contribution in [0, 0.1) is 12.3 Å². The molecule has 0 fully saturated rings. The number of nitrogens with two attached hydrogens (primary N) is 1. The van der Waals surface area contributed by atoms with Crippen molar-refractivity contribution >= 4 is 17.5 Å². The molecule has 0 radical (unpaired) electrons. The molecule has 0 amide bonds. The molecule has 180 valence electrons. The number of esters is 1. The maximum absolute atomic E-state index is 11.6. The van der Waals surface area contributed by atoms with Crippen LogP contribution in [-0.4, -0.2) is 35.0 Å². The number of ether oxygens (including phenoxy) is 1. The molecule has 0 aliphatic rings. The summed E-state index contributed by atoms with van der Waals surface area (Å²) in [5.74, 6) is 0.139. The Morgan fingerprint density at radius 2 is 1.91 bits per heavy atom. The van der Waals surface area contributed by atoms with E-state index in [1.807, 2.05) is 12.1 Å². The molecular formula is C25H37N5O3. The lowest BCUT2D eigenvalue weighted by Crippen LogP contribution is -2.17. The number of benzene rings is 1. The van der Waals surface area contributed by atoms with Gasteiger partial charge in [0.1, 0.15) is 11.6 Å². The third-order valence-corrected chi connectivity index (χ3v) is 5.41. The van der Waals surface area contributed by atoms with Crippen molar-refractivity contribution in [2.24, 2.45) is 5.73 Å². The van der Waals surface area contributed by atoms with Crippen LogP contribution in [0.1, 0.15) is 67.8 Å². The highest BCUT2D eigenvalue weighted by atomic mass is 16.5. The fourth-order valence-corrected chi connectivity index (χ4v) is 3.31. The number of carbonyl (C=O) groups is 1. The first-order chi connectivity index (χ1) is 15.9. The number of nitrogens with one attached hydrogen (secondary N) is 3. The molecule has 8 heteroatoms. The number of aromatic nitrogens is 1. The van der Waals surface area contributed by atoms with E-state index in [-0.39, 0.29) is 17.6 Å². The van der Waals surface area contributed by atoms with Crippen LogP contribution < -0.4 is 16.4 Å². The van der Waals surface area contributed by atoms with Crippen molar-refractivity contribution in [2.45, 2.75) is 65.5 Å². The Morgan fingerprint density at radius 3 is 2.61 bits per heavy atom. The highest BCUT2D eigenvalue weighted by Gasteiger charge is 2.12. The maximum atomic E-state index is 11.6. The fourth-order valence-electron chi connectivity index (χ4n) is 3.31. The van der Waals surface area contributed by atoms with Gasteiger partial charge >= 0.3 is 5.97 Å². The van der Waals surface area contributed by atoms with Gasteiger partial charge in [0.25, 0.3) is 0 Å². The molecule has 0 spiro atoms. The topological polar surface area (TPSA) is 133 Å². The molecule has 0 unspecified atom stereocenters. The maximum Gasteiger partial charge on any atom is 0.305 e. The van der Waals surface area contributed by atoms with E-state index >= 15 is 0 Å². The minimum atomic E-state index is -0.110. The Balaban J connectivity index is 1.78. The van der Waals surface area contributed by atoms with Crippen LogP contribution in [0.25, 0.3) is 0 Å². The lowest BCUT2D eigenvalue weighted by Gasteiger charge is -2.15. The number of amidine groups is 1. The van der Waals surface area contributed by atoms with E-state index < -0.39 is 0 Å². The lowest BCUT2D eigenvalue weighted by molar-refractivity contribution is -0.143. The van der Waals surface area contributed by atoms with Crippen molar-refractivity contribution in [1.29, 1.82) is 5.41 Å². The zero-order valence-corrected chi connectivity index (χ0v) is 19.7. The fraction of sp³-hybridized carbons (Fsp3) is 0.480. The zero-order valence-electron chi connectivity index (χ0n) is 19.7. The first-order valence-corrected chi connectivity index (χ1v) is 11.6. The summed E-state index contributed by atoms with van der Waals surface area (Å²) in [6.45, 7) is 6.22. The molecule has 2 rings (SSSR count). The Morgan fingerprint density at radius 1 is 1.15 bits per heavy atom. The Labute approximate surface area is 196 Å². The minimum absolute atomic E-state index is 0.0365. The van der Waals surface area contributed by atoms with Crippen LogP contribution in [-0.2, 0) is 22.6 Å². The third-order valence-electron chi connectivity index (χ3n) is 5.41. The van der Waals surface area contributed by atoms with E-state index in [0.717, 1.165) is 55.5 Å². The number of unbranched alkanes of at least 4 members (excludes halogenated alkanes) is 3. The number of pyridine rings is 1. The van der Waals surface area contributed by atoms with Gasteiger partial charge in [0.2, 0.25) is 0 Å². The zero-order chi connectivity index (χ0) is 24.1. The molecule has 1 heterocycles. The monoisotopic (exact) mass is 455 g/mol. The molecule has 0 saturated carbocycles. The number of nitrogens with zero attached hydrogens (tertiary/aromatic N) is 1. The summed E-state index contributed by atoms with van der Waals surface area (Å²) in [5, 5.41) is 24.7. The van der Waals surface area contributed by atoms with Crippen LogP contribution in [0.5, 0.6) is 5.75 Å². The number of carbonyl (C=O) groups excluding carboxylic acids is 1. The molecule has 0 aliphatic carbocycles. The van der Waals surface area contributed by atoms with Crippen LogP contribution in [0.2, 0.25) is 0 Å². The molecule has 0 aliphatic heterocycles. The largest absolute Gasteiger partial charge is 0.506 e. The first kappa shape index (κ1) is 26.1. The average molecular weight is 456 g/mol. The second-order valence-electron chi connectivity index (χ2n) is 8.10. The molecule has 2 aromatic rings. The van der Waals surface area contributed by atoms with Crippen LogP contribution >= 0.6 is 0 Å². The van der Waals surface area contributed by atoms with Gasteiger partial charge in [0.05, 0.1) is 12.3 Å². The molecule has 1 aromatic carbocycles. The number of aryl methyl sites for hydroxylation is 1. The third kappa shape index (κ3) is 9.10. The van der Waals surface area contributed by atoms with Crippen molar-refractivity contribution in [2.75, 3.05) is 18.5 Å². The first-order valence-electron chi connectivity index (χ1n) is 11.6. The highest BCUT2D eigenvalue weighted by Crippen LogP contribution is 2.24. The highest BCUT2D eigenvalue weighted by molar-refractivity contribution is 5.95. The number of aromatic hydroxyl groups is 1. The van der Waals surface area contributed by atoms with Gasteiger partial charge in [-0.15, -0.1) is 0 Å². The van der Waals surface area contributed by atoms with Gasteiger partial charge in [-0.1, -0.05) is 19.8 Å². The Hall–Kier alpha value is -3.13. The summed E-state index contributed by atoms with van der Waals surface area (Å²) in [6.07, 6.45) is 6.91. The molecular weight excluding hydrogens is 418 g/mol. The van der Waals surface area contributed by atoms with E-state index in [2.05, 4.69) is 22.5 Å². The summed E-state index contributed by atoms with van der Waals surface area (Å²) in [5.41, 5.74) is 9.41. The van der Waals surface area contributed by atoms with Crippen molar-refractivity contribution < 1.29 is 14.6 Å². The van der Waals surface area contributed by atoms with E-state index in [4.69, 9.17) is 15.9 Å². The summed E-state index contributed by atoms with van der Waals surface area (Å²) in [4.78, 5) is 15.9. The predicted octanol–water partition coefficient (Wildman–Crippen LogP) is 3.99. The van der Waals surface area contributed by atoms with E-state index in [9.17, 15) is 9.90 Å². The van der Waals surface area contributed by atoms with E-state index in [0.29, 0.717) is 37.4 Å². The summed E-state index contributed by atoms with van der Waals surface area (Å²) < 4.78 is 5.17. The smallest absolute Gasteiger partial charge is 0.305 e. The Kier molecular flexibility index (Phi) is 11.2.